The summed E-state index contributed by atoms with van der Waals surface area (Å²) in [7, 11) is 0. The first kappa shape index (κ1) is 21.1. The van der Waals surface area contributed by atoms with Crippen molar-refractivity contribution in [1.29, 1.82) is 0 Å². The number of phenols is 1. The molecular formula is C22H16ClF3O5. The maximum absolute atomic E-state index is 13.3. The average Bonchev–Trinajstić information content (AvgIpc) is 2.65. The Labute approximate surface area is 178 Å². The lowest BCUT2D eigenvalue weighted by Gasteiger charge is -2.35. The summed E-state index contributed by atoms with van der Waals surface area (Å²) in [6.45, 7) is 3.45. The molecule has 9 heteroatoms. The van der Waals surface area contributed by atoms with Crippen LogP contribution in [0.1, 0.15) is 18.4 Å². The van der Waals surface area contributed by atoms with Gasteiger partial charge in [0.15, 0.2) is 11.0 Å². The monoisotopic (exact) mass is 452 g/mol. The van der Waals surface area contributed by atoms with Crippen molar-refractivity contribution in [2.75, 3.05) is 0 Å². The topological polar surface area (TPSA) is 79.9 Å². The number of aliphatic hydroxyl groups excluding tert-OH is 1. The summed E-state index contributed by atoms with van der Waals surface area (Å²) in [5.41, 5.74) is -1.50. The van der Waals surface area contributed by atoms with E-state index in [0.717, 1.165) is 24.3 Å². The Hall–Kier alpha value is -3.13. The van der Waals surface area contributed by atoms with E-state index in [1.807, 2.05) is 0 Å². The molecule has 31 heavy (non-hydrogen) atoms. The summed E-state index contributed by atoms with van der Waals surface area (Å²) in [6, 6.07) is 6.50. The maximum Gasteiger partial charge on any atom is 0.416 e. The largest absolute Gasteiger partial charge is 0.513 e. The maximum atomic E-state index is 13.3. The number of halogens is 4. The van der Waals surface area contributed by atoms with Crippen LogP contribution in [0.4, 0.5) is 13.2 Å². The third-order valence-corrected chi connectivity index (χ3v) is 5.54. The molecule has 0 aliphatic heterocycles. The standard InChI is InChI=1S/C22H16ClF3O5/c1-10(27)11-6-13(7-11)30-18-8-12(22(24,25)26)2-3-14(18)19-9-17(29)20-16(28)5-4-15(23)21(20)31-19/h2-5,8-9,11,13,27-28H,1,6-7H2. The molecule has 0 radical (unpaired) electrons. The van der Waals surface area contributed by atoms with E-state index in [9.17, 15) is 28.2 Å². The molecule has 0 bridgehead atoms. The lowest BCUT2D eigenvalue weighted by Crippen LogP contribution is -2.34. The second kappa shape index (κ2) is 7.53. The number of hydrogen-bond donors (Lipinski definition) is 2. The molecule has 2 aromatic carbocycles. The predicted octanol–water partition coefficient (Wildman–Crippen LogP) is 6.07. The molecule has 162 valence electrons. The quantitative estimate of drug-likeness (QED) is 0.470. The molecule has 1 saturated carbocycles. The van der Waals surface area contributed by atoms with Gasteiger partial charge >= 0.3 is 6.18 Å². The van der Waals surface area contributed by atoms with Gasteiger partial charge in [-0.2, -0.15) is 13.2 Å². The van der Waals surface area contributed by atoms with Crippen LogP contribution in [0.3, 0.4) is 0 Å². The average molecular weight is 453 g/mol. The lowest BCUT2D eigenvalue weighted by atomic mass is 9.81. The SMILES string of the molecule is C=C(O)C1CC(Oc2cc(C(F)(F)F)ccc2-c2cc(=O)c3c(O)ccc(Cl)c3o2)C1. The molecule has 1 aliphatic carbocycles. The van der Waals surface area contributed by atoms with Gasteiger partial charge in [0.2, 0.25) is 0 Å². The van der Waals surface area contributed by atoms with E-state index in [2.05, 4.69) is 6.58 Å². The Morgan fingerprint density at radius 3 is 2.55 bits per heavy atom. The summed E-state index contributed by atoms with van der Waals surface area (Å²) in [5, 5.41) is 19.3. The molecule has 3 aromatic rings. The van der Waals surface area contributed by atoms with Gasteiger partial charge in [-0.25, -0.2) is 0 Å². The van der Waals surface area contributed by atoms with Gasteiger partial charge in [0, 0.05) is 12.0 Å². The van der Waals surface area contributed by atoms with Crippen molar-refractivity contribution >= 4 is 22.6 Å². The number of phenolic OH excluding ortho intramolecular Hbond substituents is 1. The zero-order chi connectivity index (χ0) is 22.5. The fourth-order valence-electron chi connectivity index (χ4n) is 3.46. The van der Waals surface area contributed by atoms with Crippen molar-refractivity contribution in [3.63, 3.8) is 0 Å². The number of aliphatic hydroxyl groups is 1. The van der Waals surface area contributed by atoms with Gasteiger partial charge in [0.1, 0.15) is 28.7 Å². The van der Waals surface area contributed by atoms with Crippen LogP contribution in [0.15, 0.2) is 57.9 Å². The Morgan fingerprint density at radius 2 is 1.90 bits per heavy atom. The van der Waals surface area contributed by atoms with Crippen molar-refractivity contribution in [3.8, 4) is 22.8 Å². The van der Waals surface area contributed by atoms with E-state index in [4.69, 9.17) is 20.8 Å². The fraction of sp³-hybridized carbons (Fsp3) is 0.227. The third-order valence-electron chi connectivity index (χ3n) is 5.24. The Balaban J connectivity index is 1.81. The predicted molar refractivity (Wildman–Crippen MR) is 109 cm³/mol. The van der Waals surface area contributed by atoms with E-state index < -0.39 is 23.3 Å². The molecular weight excluding hydrogens is 437 g/mol. The highest BCUT2D eigenvalue weighted by Gasteiger charge is 2.35. The van der Waals surface area contributed by atoms with Crippen LogP contribution < -0.4 is 10.2 Å². The summed E-state index contributed by atoms with van der Waals surface area (Å²) >= 11 is 6.09. The van der Waals surface area contributed by atoms with Crippen LogP contribution in [-0.2, 0) is 6.18 Å². The first-order valence-electron chi connectivity index (χ1n) is 9.26. The van der Waals surface area contributed by atoms with Crippen LogP contribution in [0, 0.1) is 5.92 Å². The number of aromatic hydroxyl groups is 1. The number of rotatable bonds is 4. The highest BCUT2D eigenvalue weighted by Crippen LogP contribution is 2.42. The van der Waals surface area contributed by atoms with E-state index in [1.54, 1.807) is 0 Å². The van der Waals surface area contributed by atoms with Gasteiger partial charge in [0.05, 0.1) is 21.9 Å². The van der Waals surface area contributed by atoms with Crippen LogP contribution in [0.2, 0.25) is 5.02 Å². The molecule has 0 atom stereocenters. The van der Waals surface area contributed by atoms with Crippen molar-refractivity contribution in [1.82, 2.24) is 0 Å². The highest BCUT2D eigenvalue weighted by atomic mass is 35.5. The number of allylic oxidation sites excluding steroid dienone is 1. The van der Waals surface area contributed by atoms with Crippen molar-refractivity contribution < 1.29 is 32.5 Å². The molecule has 1 aromatic heterocycles. The van der Waals surface area contributed by atoms with Crippen LogP contribution in [-0.4, -0.2) is 16.3 Å². The summed E-state index contributed by atoms with van der Waals surface area (Å²) < 4.78 is 51.2. The van der Waals surface area contributed by atoms with Gasteiger partial charge in [0.25, 0.3) is 0 Å². The second-order valence-corrected chi connectivity index (χ2v) is 7.76. The van der Waals surface area contributed by atoms with E-state index in [-0.39, 0.29) is 50.5 Å². The number of ether oxygens (including phenoxy) is 1. The zero-order valence-corrected chi connectivity index (χ0v) is 16.6. The Bertz CT molecular complexity index is 1240. The first-order chi connectivity index (χ1) is 14.5. The number of alkyl halides is 3. The summed E-state index contributed by atoms with van der Waals surface area (Å²) in [4.78, 5) is 12.6. The van der Waals surface area contributed by atoms with E-state index in [1.165, 1.54) is 12.1 Å². The van der Waals surface area contributed by atoms with Crippen LogP contribution in [0.25, 0.3) is 22.3 Å². The van der Waals surface area contributed by atoms with Gasteiger partial charge in [-0.05, 0) is 43.2 Å². The number of benzene rings is 2. The second-order valence-electron chi connectivity index (χ2n) is 7.35. The minimum absolute atomic E-state index is 0.000842. The van der Waals surface area contributed by atoms with Crippen molar-refractivity contribution in [3.05, 3.63) is 69.5 Å². The molecule has 1 aliphatic rings. The zero-order valence-electron chi connectivity index (χ0n) is 15.9. The van der Waals surface area contributed by atoms with E-state index in [0.29, 0.717) is 12.8 Å². The van der Waals surface area contributed by atoms with Gasteiger partial charge in [-0.15, -0.1) is 0 Å². The van der Waals surface area contributed by atoms with E-state index >= 15 is 0 Å². The molecule has 1 heterocycles. The Kier molecular flexibility index (Phi) is 5.13. The Morgan fingerprint density at radius 1 is 1.19 bits per heavy atom. The van der Waals surface area contributed by atoms with Crippen LogP contribution in [0.5, 0.6) is 11.5 Å². The van der Waals surface area contributed by atoms with Gasteiger partial charge in [-0.3, -0.25) is 4.79 Å². The lowest BCUT2D eigenvalue weighted by molar-refractivity contribution is -0.137. The third kappa shape index (κ3) is 3.95. The normalized spacial score (nSPS) is 18.6. The molecule has 0 unspecified atom stereocenters. The summed E-state index contributed by atoms with van der Waals surface area (Å²) in [5.74, 6) is -0.691. The number of hydrogen-bond acceptors (Lipinski definition) is 5. The molecule has 0 amide bonds. The highest BCUT2D eigenvalue weighted by molar-refractivity contribution is 6.35. The minimum atomic E-state index is -4.60. The summed E-state index contributed by atoms with van der Waals surface area (Å²) in [6.07, 6.45) is -4.24. The van der Waals surface area contributed by atoms with Crippen LogP contribution >= 0.6 is 11.6 Å². The van der Waals surface area contributed by atoms with Crippen molar-refractivity contribution in [2.45, 2.75) is 25.1 Å². The smallest absolute Gasteiger partial charge is 0.416 e. The fourth-order valence-corrected chi connectivity index (χ4v) is 3.66. The molecule has 1 fully saturated rings. The molecule has 0 saturated heterocycles. The molecule has 5 nitrogen and oxygen atoms in total. The van der Waals surface area contributed by atoms with Gasteiger partial charge in [-0.1, -0.05) is 18.2 Å². The minimum Gasteiger partial charge on any atom is -0.513 e. The molecule has 4 rings (SSSR count). The molecule has 2 N–H and O–H groups in total. The first-order valence-corrected chi connectivity index (χ1v) is 9.63. The number of fused-ring (bicyclic) bond motifs is 1. The molecule has 0 spiro atoms. The van der Waals surface area contributed by atoms with Crippen molar-refractivity contribution in [2.24, 2.45) is 5.92 Å². The van der Waals surface area contributed by atoms with Gasteiger partial charge < -0.3 is 19.4 Å².